The van der Waals surface area contributed by atoms with E-state index in [1.54, 1.807) is 0 Å². The Morgan fingerprint density at radius 2 is 2.31 bits per heavy atom. The minimum absolute atomic E-state index is 0. The first-order chi connectivity index (χ1) is 5.59. The Morgan fingerprint density at radius 3 is 2.69 bits per heavy atom. The van der Waals surface area contributed by atoms with Gasteiger partial charge in [0.1, 0.15) is 0 Å². The van der Waals surface area contributed by atoms with Crippen molar-refractivity contribution in [1.29, 1.82) is 0 Å². The zero-order chi connectivity index (χ0) is 9.14. The highest BCUT2D eigenvalue weighted by molar-refractivity contribution is 5.66. The van der Waals surface area contributed by atoms with E-state index < -0.39 is 5.97 Å². The molecule has 78 valence electrons. The molecule has 0 bridgehead atoms. The van der Waals surface area contributed by atoms with Crippen molar-refractivity contribution < 1.29 is 9.90 Å². The van der Waals surface area contributed by atoms with Crippen LogP contribution in [-0.4, -0.2) is 55.5 Å². The molecule has 0 saturated carbocycles. The maximum absolute atomic E-state index is 10.3. The summed E-state index contributed by atoms with van der Waals surface area (Å²) in [5, 5.41) is 10.3. The minimum Gasteiger partial charge on any atom is -0.549 e. The number of likely N-dealkylation sites (N-methyl/N-ethyl adjacent to an activating group) is 2. The predicted molar refractivity (Wildman–Crippen MR) is 50.3 cm³/mol. The first kappa shape index (κ1) is 12.4. The van der Waals surface area contributed by atoms with Crippen molar-refractivity contribution in [2.45, 2.75) is 19.9 Å². The lowest BCUT2D eigenvalue weighted by Gasteiger charge is -2.24. The van der Waals surface area contributed by atoms with Gasteiger partial charge in [0.05, 0.1) is 5.97 Å². The maximum atomic E-state index is 10.3. The Bertz CT molecular complexity index is 173. The van der Waals surface area contributed by atoms with Gasteiger partial charge in [-0.05, 0) is 27.1 Å². The normalized spacial score (nSPS) is 23.2. The smallest absolute Gasteiger partial charge is 0.0555 e. The molecule has 1 aliphatic heterocycles. The van der Waals surface area contributed by atoms with Gasteiger partial charge in [0, 0.05) is 19.1 Å². The molecule has 0 amide bonds. The molecule has 1 saturated heterocycles. The highest BCUT2D eigenvalue weighted by atomic mass is 16.4. The first-order valence-electron chi connectivity index (χ1n) is 4.18. The second-order valence-electron chi connectivity index (χ2n) is 3.49. The molecule has 4 nitrogen and oxygen atoms in total. The van der Waals surface area contributed by atoms with Crippen LogP contribution in [0.1, 0.15) is 13.8 Å². The average molecular weight is 187 g/mol. The number of carboxylic acid groups (broad SMARTS) is 1. The first-order valence-corrected chi connectivity index (χ1v) is 4.18. The van der Waals surface area contributed by atoms with Gasteiger partial charge in [0.2, 0.25) is 0 Å². The van der Waals surface area contributed by atoms with Crippen LogP contribution >= 0.6 is 0 Å². The molecule has 0 spiro atoms. The van der Waals surface area contributed by atoms with Crippen molar-refractivity contribution in [3.05, 3.63) is 0 Å². The van der Waals surface area contributed by atoms with E-state index in [1.807, 2.05) is 19.0 Å². The minimum atomic E-state index is -0.993. The van der Waals surface area contributed by atoms with Crippen LogP contribution in [0.25, 0.3) is 0 Å². The largest absolute Gasteiger partial charge is 0.549 e. The third-order valence-electron chi connectivity index (χ3n) is 2.37. The fourth-order valence-corrected chi connectivity index (χ4v) is 1.60. The second kappa shape index (κ2) is 5.19. The van der Waals surface area contributed by atoms with Crippen LogP contribution in [0.3, 0.4) is 0 Å². The predicted octanol–water partition coefficient (Wildman–Crippen LogP) is -0.992. The molecule has 1 heterocycles. The van der Waals surface area contributed by atoms with Crippen molar-refractivity contribution in [1.82, 2.24) is 9.80 Å². The number of hydrogen-bond donors (Lipinski definition) is 0. The molecule has 1 fully saturated rings. The van der Waals surface area contributed by atoms with Gasteiger partial charge in [-0.15, -0.1) is 0 Å². The van der Waals surface area contributed by atoms with E-state index in [4.69, 9.17) is 0 Å². The number of aliphatic carboxylic acids is 1. The molecule has 0 aliphatic carbocycles. The Kier molecular flexibility index (Phi) is 4.95. The van der Waals surface area contributed by atoms with Crippen LogP contribution in [0.5, 0.6) is 0 Å². The summed E-state index contributed by atoms with van der Waals surface area (Å²) in [6.45, 7) is 2.06. The highest BCUT2D eigenvalue weighted by Gasteiger charge is 2.22. The monoisotopic (exact) mass is 187 g/mol. The molecule has 0 aromatic rings. The summed E-state index contributed by atoms with van der Waals surface area (Å²) in [6, 6.07) is 0.382. The van der Waals surface area contributed by atoms with E-state index in [0.29, 0.717) is 6.04 Å². The molecule has 1 aliphatic rings. The van der Waals surface area contributed by atoms with Gasteiger partial charge in [-0.25, -0.2) is 0 Å². The number of carbonyl (C=O) groups excluding carboxylic acids is 1. The molecule has 0 unspecified atom stereocenters. The Balaban J connectivity index is 0.00000144. The van der Waals surface area contributed by atoms with E-state index in [2.05, 4.69) is 4.90 Å². The zero-order valence-electron chi connectivity index (χ0n) is 7.62. The molecule has 13 heavy (non-hydrogen) atoms. The fraction of sp³-hybridized carbons (Fsp3) is 0.889. The maximum Gasteiger partial charge on any atom is 0.0555 e. The van der Waals surface area contributed by atoms with Gasteiger partial charge in [-0.1, -0.05) is 7.43 Å². The summed E-state index contributed by atoms with van der Waals surface area (Å²) < 4.78 is 0. The molecule has 0 radical (unpaired) electrons. The van der Waals surface area contributed by atoms with Crippen LogP contribution in [0.15, 0.2) is 0 Å². The number of nitrogens with zero attached hydrogens (tertiary/aromatic N) is 2. The lowest BCUT2D eigenvalue weighted by atomic mass is 10.2. The number of likely N-dealkylation sites (tertiary alicyclic amines) is 1. The zero-order valence-corrected chi connectivity index (χ0v) is 7.62. The van der Waals surface area contributed by atoms with Crippen LogP contribution in [0, 0.1) is 0 Å². The Hall–Kier alpha value is -0.610. The van der Waals surface area contributed by atoms with E-state index >= 15 is 0 Å². The van der Waals surface area contributed by atoms with Gasteiger partial charge >= 0.3 is 0 Å². The summed E-state index contributed by atoms with van der Waals surface area (Å²) in [6.07, 6.45) is 1.06. The molecule has 0 N–H and O–H groups in total. The lowest BCUT2D eigenvalue weighted by Crippen LogP contribution is -2.42. The lowest BCUT2D eigenvalue weighted by molar-refractivity contribution is -0.306. The summed E-state index contributed by atoms with van der Waals surface area (Å²) in [7, 11) is 3.88. The van der Waals surface area contributed by atoms with Crippen LogP contribution in [0.4, 0.5) is 0 Å². The third-order valence-corrected chi connectivity index (χ3v) is 2.37. The van der Waals surface area contributed by atoms with Crippen molar-refractivity contribution in [2.24, 2.45) is 0 Å². The van der Waals surface area contributed by atoms with Gasteiger partial charge < -0.3 is 14.8 Å². The Labute approximate surface area is 80.1 Å². The summed E-state index contributed by atoms with van der Waals surface area (Å²) in [5.74, 6) is -0.993. The summed E-state index contributed by atoms with van der Waals surface area (Å²) in [4.78, 5) is 14.3. The molecule has 1 rings (SSSR count). The van der Waals surface area contributed by atoms with Gasteiger partial charge in [-0.3, -0.25) is 4.90 Å². The van der Waals surface area contributed by atoms with Gasteiger partial charge in [0.15, 0.2) is 0 Å². The van der Waals surface area contributed by atoms with E-state index in [1.165, 1.54) is 0 Å². The van der Waals surface area contributed by atoms with E-state index in [0.717, 1.165) is 19.5 Å². The molecule has 1 atom stereocenters. The van der Waals surface area contributed by atoms with Crippen molar-refractivity contribution in [2.75, 3.05) is 33.7 Å². The quantitative estimate of drug-likeness (QED) is 0.569. The average Bonchev–Trinajstić information content (AvgIpc) is 2.34. The van der Waals surface area contributed by atoms with Crippen molar-refractivity contribution >= 4 is 5.97 Å². The third kappa shape index (κ3) is 3.74. The highest BCUT2D eigenvalue weighted by Crippen LogP contribution is 2.11. The van der Waals surface area contributed by atoms with Gasteiger partial charge in [0.25, 0.3) is 0 Å². The molecule has 0 aromatic heterocycles. The number of hydrogen-bond acceptors (Lipinski definition) is 4. The number of carbonyl (C=O) groups is 1. The second-order valence-corrected chi connectivity index (χ2v) is 3.49. The Morgan fingerprint density at radius 1 is 1.69 bits per heavy atom. The van der Waals surface area contributed by atoms with Crippen LogP contribution in [0.2, 0.25) is 0 Å². The number of carboxylic acids is 1. The molecule has 0 aromatic carbocycles. The van der Waals surface area contributed by atoms with Crippen molar-refractivity contribution in [3.63, 3.8) is 0 Å². The molecule has 4 heteroatoms. The summed E-state index contributed by atoms with van der Waals surface area (Å²) in [5.41, 5.74) is 0. The molecular formula is C9H19N2O2-. The molecular weight excluding hydrogens is 168 g/mol. The van der Waals surface area contributed by atoms with Crippen LogP contribution in [-0.2, 0) is 4.79 Å². The van der Waals surface area contributed by atoms with Crippen molar-refractivity contribution in [3.8, 4) is 0 Å². The van der Waals surface area contributed by atoms with Crippen LogP contribution < -0.4 is 5.11 Å². The summed E-state index contributed by atoms with van der Waals surface area (Å²) >= 11 is 0. The van der Waals surface area contributed by atoms with Gasteiger partial charge in [-0.2, -0.15) is 0 Å². The number of rotatable bonds is 3. The topological polar surface area (TPSA) is 46.6 Å². The van der Waals surface area contributed by atoms with E-state index in [9.17, 15) is 9.90 Å². The standard InChI is InChI=1S/C8H16N2O2.CH4/c1-9-4-3-7(5-9)10(2)6-8(11)12;/h7H,3-6H2,1-2H3,(H,11,12);1H4/p-1/t7-;/m1./s1. The SMILES string of the molecule is C.CN1CC[C@@H](N(C)CC(=O)[O-])C1. The fourth-order valence-electron chi connectivity index (χ4n) is 1.60. The van der Waals surface area contributed by atoms with E-state index in [-0.39, 0.29) is 14.0 Å².